The number of anilines is 1. The zero-order valence-electron chi connectivity index (χ0n) is 17.7. The van der Waals surface area contributed by atoms with E-state index in [1.807, 2.05) is 19.9 Å². The van der Waals surface area contributed by atoms with E-state index in [4.69, 9.17) is 0 Å². The Kier molecular flexibility index (Phi) is 8.31. The van der Waals surface area contributed by atoms with Crippen LogP contribution in [-0.4, -0.2) is 57.7 Å². The molecule has 1 N–H and O–H groups in total. The third-order valence-electron chi connectivity index (χ3n) is 5.20. The highest BCUT2D eigenvalue weighted by Gasteiger charge is 2.29. The number of nitrogens with zero attached hydrogens (tertiary/aromatic N) is 2. The maximum Gasteiger partial charge on any atom is 0.243 e. The lowest BCUT2D eigenvalue weighted by Gasteiger charge is -2.29. The highest BCUT2D eigenvalue weighted by atomic mass is 32.2. The molecule has 7 heteroatoms. The predicted molar refractivity (Wildman–Crippen MR) is 115 cm³/mol. The number of aryl methyl sites for hydroxylation is 2. The Hall–Kier alpha value is -1.60. The van der Waals surface area contributed by atoms with Gasteiger partial charge in [-0.1, -0.05) is 18.9 Å². The second-order valence-electron chi connectivity index (χ2n) is 7.98. The highest BCUT2D eigenvalue weighted by Crippen LogP contribution is 2.23. The zero-order chi connectivity index (χ0) is 20.7. The van der Waals surface area contributed by atoms with Crippen LogP contribution < -0.4 is 9.62 Å². The first-order chi connectivity index (χ1) is 13.2. The first-order valence-electron chi connectivity index (χ1n) is 10.3. The second kappa shape index (κ2) is 10.3. The van der Waals surface area contributed by atoms with Crippen LogP contribution in [0.5, 0.6) is 0 Å². The van der Waals surface area contributed by atoms with Crippen molar-refractivity contribution in [2.45, 2.75) is 58.9 Å². The molecule has 6 nitrogen and oxygen atoms in total. The maximum absolute atomic E-state index is 12.6. The van der Waals surface area contributed by atoms with E-state index in [2.05, 4.69) is 10.2 Å². The SMILES string of the molecule is Cc1cc(C)cc(N(C(C)C(=O)NCCCN2CCCCCC2)S(C)(=O)=O)c1. The van der Waals surface area contributed by atoms with Crippen molar-refractivity contribution < 1.29 is 13.2 Å². The van der Waals surface area contributed by atoms with Gasteiger partial charge in [0.15, 0.2) is 0 Å². The van der Waals surface area contributed by atoms with Crippen LogP contribution in [0.4, 0.5) is 5.69 Å². The van der Waals surface area contributed by atoms with Crippen LogP contribution in [0.1, 0.15) is 50.2 Å². The summed E-state index contributed by atoms with van der Waals surface area (Å²) in [7, 11) is -3.58. The number of hydrogen-bond acceptors (Lipinski definition) is 4. The van der Waals surface area contributed by atoms with Crippen molar-refractivity contribution in [3.8, 4) is 0 Å². The largest absolute Gasteiger partial charge is 0.354 e. The van der Waals surface area contributed by atoms with Crippen LogP contribution >= 0.6 is 0 Å². The molecule has 1 aliphatic heterocycles. The lowest BCUT2D eigenvalue weighted by Crippen LogP contribution is -2.48. The Morgan fingerprint density at radius 2 is 1.68 bits per heavy atom. The summed E-state index contributed by atoms with van der Waals surface area (Å²) in [5.41, 5.74) is 2.47. The van der Waals surface area contributed by atoms with E-state index in [0.29, 0.717) is 12.2 Å². The Morgan fingerprint density at radius 1 is 1.11 bits per heavy atom. The van der Waals surface area contributed by atoms with E-state index in [-0.39, 0.29) is 5.91 Å². The van der Waals surface area contributed by atoms with Crippen molar-refractivity contribution in [2.75, 3.05) is 36.7 Å². The fourth-order valence-electron chi connectivity index (χ4n) is 3.91. The third-order valence-corrected chi connectivity index (χ3v) is 6.44. The molecule has 1 atom stereocenters. The molecule has 0 saturated carbocycles. The fraction of sp³-hybridized carbons (Fsp3) is 0.667. The van der Waals surface area contributed by atoms with Crippen LogP contribution in [0.25, 0.3) is 0 Å². The quantitative estimate of drug-likeness (QED) is 0.671. The molecule has 2 rings (SSSR count). The van der Waals surface area contributed by atoms with Gasteiger partial charge in [-0.15, -0.1) is 0 Å². The monoisotopic (exact) mass is 409 g/mol. The molecule has 1 amide bonds. The van der Waals surface area contributed by atoms with Crippen molar-refractivity contribution in [3.63, 3.8) is 0 Å². The van der Waals surface area contributed by atoms with Crippen molar-refractivity contribution in [1.29, 1.82) is 0 Å². The summed E-state index contributed by atoms with van der Waals surface area (Å²) in [6.07, 6.45) is 7.15. The van der Waals surface area contributed by atoms with Gasteiger partial charge in [0.1, 0.15) is 6.04 Å². The van der Waals surface area contributed by atoms with Gasteiger partial charge in [0, 0.05) is 6.54 Å². The number of carbonyl (C=O) groups is 1. The van der Waals surface area contributed by atoms with Crippen LogP contribution in [0.15, 0.2) is 18.2 Å². The van der Waals surface area contributed by atoms with Gasteiger partial charge >= 0.3 is 0 Å². The minimum Gasteiger partial charge on any atom is -0.354 e. The predicted octanol–water partition coefficient (Wildman–Crippen LogP) is 2.84. The van der Waals surface area contributed by atoms with Crippen molar-refractivity contribution in [3.05, 3.63) is 29.3 Å². The van der Waals surface area contributed by atoms with Crippen LogP contribution in [0.2, 0.25) is 0 Å². The molecule has 1 saturated heterocycles. The Morgan fingerprint density at radius 3 is 2.21 bits per heavy atom. The number of amides is 1. The molecule has 0 aliphatic carbocycles. The first-order valence-corrected chi connectivity index (χ1v) is 12.1. The lowest BCUT2D eigenvalue weighted by molar-refractivity contribution is -0.121. The van der Waals surface area contributed by atoms with Gasteiger partial charge in [-0.2, -0.15) is 0 Å². The molecule has 0 spiro atoms. The molecule has 0 aromatic heterocycles. The summed E-state index contributed by atoms with van der Waals surface area (Å²) in [5.74, 6) is -0.263. The Bertz CT molecular complexity index is 736. The summed E-state index contributed by atoms with van der Waals surface area (Å²) >= 11 is 0. The van der Waals surface area contributed by atoms with Crippen LogP contribution in [-0.2, 0) is 14.8 Å². The molecule has 1 unspecified atom stereocenters. The summed E-state index contributed by atoms with van der Waals surface area (Å²) in [6, 6.07) is 4.79. The number of likely N-dealkylation sites (tertiary alicyclic amines) is 1. The van der Waals surface area contributed by atoms with Crippen LogP contribution in [0.3, 0.4) is 0 Å². The second-order valence-corrected chi connectivity index (χ2v) is 9.84. The van der Waals surface area contributed by atoms with Gasteiger partial charge < -0.3 is 10.2 Å². The number of nitrogens with one attached hydrogen (secondary N) is 1. The Balaban J connectivity index is 1.95. The van der Waals surface area contributed by atoms with E-state index < -0.39 is 16.1 Å². The van der Waals surface area contributed by atoms with Crippen molar-refractivity contribution in [1.82, 2.24) is 10.2 Å². The standard InChI is InChI=1S/C21H35N3O3S/c1-17-14-18(2)16-20(15-17)24(28(4,26)27)19(3)21(25)22-10-9-13-23-11-7-5-6-8-12-23/h14-16,19H,5-13H2,1-4H3,(H,22,25). The van der Waals surface area contributed by atoms with E-state index in [0.717, 1.165) is 43.4 Å². The average molecular weight is 410 g/mol. The molecule has 158 valence electrons. The highest BCUT2D eigenvalue weighted by molar-refractivity contribution is 7.92. The zero-order valence-corrected chi connectivity index (χ0v) is 18.5. The normalized spacial score (nSPS) is 17.0. The van der Waals surface area contributed by atoms with Gasteiger partial charge in [0.05, 0.1) is 11.9 Å². The molecule has 1 aromatic rings. The summed E-state index contributed by atoms with van der Waals surface area (Å²) < 4.78 is 26.0. The Labute approximate surface area is 170 Å². The van der Waals surface area contributed by atoms with Gasteiger partial charge in [-0.25, -0.2) is 8.42 Å². The molecule has 1 heterocycles. The smallest absolute Gasteiger partial charge is 0.243 e. The van der Waals surface area contributed by atoms with E-state index in [1.54, 1.807) is 19.1 Å². The minimum atomic E-state index is -3.58. The number of rotatable bonds is 8. The van der Waals surface area contributed by atoms with Crippen molar-refractivity contribution >= 4 is 21.6 Å². The average Bonchev–Trinajstić information content (AvgIpc) is 2.85. The maximum atomic E-state index is 12.6. The van der Waals surface area contributed by atoms with E-state index in [9.17, 15) is 13.2 Å². The van der Waals surface area contributed by atoms with E-state index >= 15 is 0 Å². The molecule has 1 aromatic carbocycles. The van der Waals surface area contributed by atoms with Crippen molar-refractivity contribution in [2.24, 2.45) is 0 Å². The summed E-state index contributed by atoms with van der Waals surface area (Å²) in [5, 5.41) is 2.92. The number of hydrogen-bond donors (Lipinski definition) is 1. The topological polar surface area (TPSA) is 69.7 Å². The van der Waals surface area contributed by atoms with Gasteiger partial charge in [-0.05, 0) is 82.9 Å². The molecule has 0 bridgehead atoms. The molecular formula is C21H35N3O3S. The molecule has 0 radical (unpaired) electrons. The fourth-order valence-corrected chi connectivity index (χ4v) is 5.07. The van der Waals surface area contributed by atoms with Gasteiger partial charge in [-0.3, -0.25) is 9.10 Å². The number of sulfonamides is 1. The summed E-state index contributed by atoms with van der Waals surface area (Å²) in [4.78, 5) is 15.1. The molecular weight excluding hydrogens is 374 g/mol. The molecule has 1 fully saturated rings. The number of carbonyl (C=O) groups excluding carboxylic acids is 1. The number of benzene rings is 1. The molecule has 28 heavy (non-hydrogen) atoms. The third kappa shape index (κ3) is 6.78. The van der Waals surface area contributed by atoms with E-state index in [1.165, 1.54) is 30.0 Å². The van der Waals surface area contributed by atoms with Gasteiger partial charge in [0.25, 0.3) is 0 Å². The summed E-state index contributed by atoms with van der Waals surface area (Å²) in [6.45, 7) is 9.29. The lowest BCUT2D eigenvalue weighted by atomic mass is 10.1. The molecule has 1 aliphatic rings. The first kappa shape index (κ1) is 22.7. The van der Waals surface area contributed by atoms with Gasteiger partial charge in [0.2, 0.25) is 15.9 Å². The minimum absolute atomic E-state index is 0.263. The van der Waals surface area contributed by atoms with Crippen LogP contribution in [0, 0.1) is 13.8 Å².